The Bertz CT molecular complexity index is 570. The van der Waals surface area contributed by atoms with Crippen molar-refractivity contribution in [2.45, 2.75) is 31.7 Å². The number of carboxylic acid groups (broad SMARTS) is 1. The molecule has 21 heavy (non-hydrogen) atoms. The number of nitrogens with zero attached hydrogens (tertiary/aromatic N) is 3. The summed E-state index contributed by atoms with van der Waals surface area (Å²) in [6.07, 6.45) is 10.6. The number of hydrogen-bond acceptors (Lipinski definition) is 3. The SMILES string of the molecule is O=C(O)c1cnn([C@H]2CCCN(C(=O)C3CC=CC3)C2)c1. The zero-order chi connectivity index (χ0) is 14.8. The summed E-state index contributed by atoms with van der Waals surface area (Å²) in [6, 6.07) is 0.0742. The second-order valence-electron chi connectivity index (χ2n) is 5.73. The maximum Gasteiger partial charge on any atom is 0.338 e. The molecular weight excluding hydrogens is 270 g/mol. The van der Waals surface area contributed by atoms with Gasteiger partial charge in [-0.2, -0.15) is 5.10 Å². The van der Waals surface area contributed by atoms with Gasteiger partial charge in [0.15, 0.2) is 0 Å². The number of piperidine rings is 1. The van der Waals surface area contributed by atoms with E-state index >= 15 is 0 Å². The van der Waals surface area contributed by atoms with Crippen molar-refractivity contribution in [1.82, 2.24) is 14.7 Å². The summed E-state index contributed by atoms with van der Waals surface area (Å²) in [5.41, 5.74) is 0.193. The van der Waals surface area contributed by atoms with Crippen molar-refractivity contribution in [2.24, 2.45) is 5.92 Å². The third kappa shape index (κ3) is 2.84. The van der Waals surface area contributed by atoms with Gasteiger partial charge in [-0.15, -0.1) is 0 Å². The zero-order valence-electron chi connectivity index (χ0n) is 11.8. The van der Waals surface area contributed by atoms with Crippen molar-refractivity contribution in [3.05, 3.63) is 30.1 Å². The molecule has 1 atom stereocenters. The Morgan fingerprint density at radius 1 is 1.29 bits per heavy atom. The molecule has 0 aromatic carbocycles. The summed E-state index contributed by atoms with van der Waals surface area (Å²) in [5.74, 6) is -0.659. The molecule has 1 aromatic rings. The van der Waals surface area contributed by atoms with Gasteiger partial charge in [-0.05, 0) is 25.7 Å². The Hall–Kier alpha value is -2.11. The first kappa shape index (κ1) is 13.9. The summed E-state index contributed by atoms with van der Waals surface area (Å²) in [4.78, 5) is 25.3. The van der Waals surface area contributed by atoms with Crippen LogP contribution in [0.2, 0.25) is 0 Å². The van der Waals surface area contributed by atoms with Crippen LogP contribution in [-0.4, -0.2) is 44.8 Å². The van der Waals surface area contributed by atoms with E-state index in [1.54, 1.807) is 10.9 Å². The van der Waals surface area contributed by atoms with Gasteiger partial charge in [0.25, 0.3) is 0 Å². The lowest BCUT2D eigenvalue weighted by Gasteiger charge is -2.34. The highest BCUT2D eigenvalue weighted by Gasteiger charge is 2.30. The average Bonchev–Trinajstić information content (AvgIpc) is 3.18. The van der Waals surface area contributed by atoms with Crippen molar-refractivity contribution in [3.63, 3.8) is 0 Å². The zero-order valence-corrected chi connectivity index (χ0v) is 11.8. The van der Waals surface area contributed by atoms with Gasteiger partial charge in [0.2, 0.25) is 5.91 Å². The quantitative estimate of drug-likeness (QED) is 0.860. The molecule has 0 spiro atoms. The van der Waals surface area contributed by atoms with Gasteiger partial charge in [-0.3, -0.25) is 9.48 Å². The molecule has 2 heterocycles. The van der Waals surface area contributed by atoms with Gasteiger partial charge in [-0.1, -0.05) is 12.2 Å². The summed E-state index contributed by atoms with van der Waals surface area (Å²) < 4.78 is 1.69. The Balaban J connectivity index is 1.67. The molecule has 1 aromatic heterocycles. The highest BCUT2D eigenvalue weighted by molar-refractivity contribution is 5.86. The fourth-order valence-corrected chi connectivity index (χ4v) is 3.10. The van der Waals surface area contributed by atoms with Gasteiger partial charge in [-0.25, -0.2) is 4.79 Å². The Labute approximate surface area is 123 Å². The van der Waals surface area contributed by atoms with Crippen LogP contribution in [0.5, 0.6) is 0 Å². The number of aromatic nitrogens is 2. The van der Waals surface area contributed by atoms with Crippen LogP contribution in [-0.2, 0) is 4.79 Å². The van der Waals surface area contributed by atoms with Crippen molar-refractivity contribution < 1.29 is 14.7 Å². The van der Waals surface area contributed by atoms with Crippen LogP contribution in [0.1, 0.15) is 42.1 Å². The number of carbonyl (C=O) groups excluding carboxylic acids is 1. The second kappa shape index (κ2) is 5.71. The second-order valence-corrected chi connectivity index (χ2v) is 5.73. The maximum atomic E-state index is 12.5. The fraction of sp³-hybridized carbons (Fsp3) is 0.533. The van der Waals surface area contributed by atoms with E-state index in [0.29, 0.717) is 6.54 Å². The monoisotopic (exact) mass is 289 g/mol. The third-order valence-corrected chi connectivity index (χ3v) is 4.29. The molecule has 3 rings (SSSR count). The van der Waals surface area contributed by atoms with Crippen LogP contribution in [0.25, 0.3) is 0 Å². The van der Waals surface area contributed by atoms with Gasteiger partial charge in [0, 0.05) is 25.2 Å². The minimum Gasteiger partial charge on any atom is -0.478 e. The molecule has 0 unspecified atom stereocenters. The molecule has 1 aliphatic heterocycles. The molecule has 0 radical (unpaired) electrons. The lowest BCUT2D eigenvalue weighted by molar-refractivity contribution is -0.136. The van der Waals surface area contributed by atoms with Gasteiger partial charge in [0.1, 0.15) is 0 Å². The van der Waals surface area contributed by atoms with Gasteiger partial charge >= 0.3 is 5.97 Å². The molecule has 112 valence electrons. The van der Waals surface area contributed by atoms with Crippen molar-refractivity contribution in [2.75, 3.05) is 13.1 Å². The summed E-state index contributed by atoms with van der Waals surface area (Å²) in [6.45, 7) is 1.41. The molecule has 1 amide bonds. The number of carboxylic acids is 1. The molecule has 6 heteroatoms. The number of hydrogen-bond donors (Lipinski definition) is 1. The maximum absolute atomic E-state index is 12.5. The minimum absolute atomic E-state index is 0.0742. The lowest BCUT2D eigenvalue weighted by atomic mass is 10.0. The first-order valence-electron chi connectivity index (χ1n) is 7.36. The molecule has 1 fully saturated rings. The lowest BCUT2D eigenvalue weighted by Crippen LogP contribution is -2.43. The normalized spacial score (nSPS) is 22.7. The van der Waals surface area contributed by atoms with Crippen molar-refractivity contribution >= 4 is 11.9 Å². The Kier molecular flexibility index (Phi) is 3.77. The van der Waals surface area contributed by atoms with E-state index in [4.69, 9.17) is 5.11 Å². The van der Waals surface area contributed by atoms with Crippen LogP contribution in [0.3, 0.4) is 0 Å². The van der Waals surface area contributed by atoms with Crippen LogP contribution in [0, 0.1) is 5.92 Å². The molecule has 2 aliphatic rings. The van der Waals surface area contributed by atoms with E-state index in [2.05, 4.69) is 17.3 Å². The van der Waals surface area contributed by atoms with Crippen molar-refractivity contribution in [3.8, 4) is 0 Å². The molecule has 1 aliphatic carbocycles. The van der Waals surface area contributed by atoms with Crippen molar-refractivity contribution in [1.29, 1.82) is 0 Å². The summed E-state index contributed by atoms with van der Waals surface area (Å²) in [7, 11) is 0. The van der Waals surface area contributed by atoms with E-state index in [0.717, 1.165) is 32.2 Å². The van der Waals surface area contributed by atoms with Crippen LogP contribution < -0.4 is 0 Å². The van der Waals surface area contributed by atoms with Crippen LogP contribution in [0.4, 0.5) is 0 Å². The predicted octanol–water partition coefficient (Wildman–Crippen LogP) is 1.71. The topological polar surface area (TPSA) is 75.4 Å². The van der Waals surface area contributed by atoms with Crippen LogP contribution in [0.15, 0.2) is 24.5 Å². The molecule has 0 bridgehead atoms. The average molecular weight is 289 g/mol. The predicted molar refractivity (Wildman–Crippen MR) is 75.9 cm³/mol. The first-order chi connectivity index (χ1) is 10.1. The fourth-order valence-electron chi connectivity index (χ4n) is 3.10. The van der Waals surface area contributed by atoms with Gasteiger partial charge < -0.3 is 10.0 Å². The van der Waals surface area contributed by atoms with E-state index in [1.165, 1.54) is 6.20 Å². The molecular formula is C15H19N3O3. The van der Waals surface area contributed by atoms with Gasteiger partial charge in [0.05, 0.1) is 17.8 Å². The number of carbonyl (C=O) groups is 2. The number of amides is 1. The minimum atomic E-state index is -0.970. The number of likely N-dealkylation sites (tertiary alicyclic amines) is 1. The van der Waals surface area contributed by atoms with E-state index in [9.17, 15) is 9.59 Å². The Morgan fingerprint density at radius 3 is 2.71 bits per heavy atom. The van der Waals surface area contributed by atoms with E-state index in [1.807, 2.05) is 4.90 Å². The molecule has 0 saturated carbocycles. The standard InChI is InChI=1S/C15H19N3O3/c19-14(11-4-1-2-5-11)17-7-3-6-13(10-17)18-9-12(8-16-18)15(20)21/h1-2,8-9,11,13H,3-7,10H2,(H,20,21)/t13-/m0/s1. The number of aromatic carboxylic acids is 1. The molecule has 1 N–H and O–H groups in total. The third-order valence-electron chi connectivity index (χ3n) is 4.29. The summed E-state index contributed by atoms with van der Waals surface area (Å²) >= 11 is 0. The molecule has 6 nitrogen and oxygen atoms in total. The smallest absolute Gasteiger partial charge is 0.338 e. The Morgan fingerprint density at radius 2 is 2.05 bits per heavy atom. The largest absolute Gasteiger partial charge is 0.478 e. The summed E-state index contributed by atoms with van der Waals surface area (Å²) in [5, 5.41) is 13.1. The number of rotatable bonds is 3. The molecule has 1 saturated heterocycles. The van der Waals surface area contributed by atoms with E-state index < -0.39 is 5.97 Å². The van der Waals surface area contributed by atoms with E-state index in [-0.39, 0.29) is 23.4 Å². The van der Waals surface area contributed by atoms with Crippen LogP contribution >= 0.6 is 0 Å². The highest BCUT2D eigenvalue weighted by Crippen LogP contribution is 2.26. The number of allylic oxidation sites excluding steroid dienone is 2. The first-order valence-corrected chi connectivity index (χ1v) is 7.36. The highest BCUT2D eigenvalue weighted by atomic mass is 16.4.